The van der Waals surface area contributed by atoms with Gasteiger partial charge in [-0.05, 0) is 37.1 Å². The smallest absolute Gasteiger partial charge is 0.387 e. The second kappa shape index (κ2) is 6.36. The summed E-state index contributed by atoms with van der Waals surface area (Å²) < 4.78 is 38.1. The summed E-state index contributed by atoms with van der Waals surface area (Å²) in [6.07, 6.45) is -5.33. The number of rotatable bonds is 4. The molecule has 0 aliphatic heterocycles. The van der Waals surface area contributed by atoms with Crippen LogP contribution in [0.15, 0.2) is 24.3 Å². The molecule has 0 radical (unpaired) electrons. The Balaban J connectivity index is 2.83. The summed E-state index contributed by atoms with van der Waals surface area (Å²) in [6, 6.07) is 5.07. The number of alkyl halides is 3. The molecule has 1 N–H and O–H groups in total. The fraction of sp³-hybridized carbons (Fsp3) is 0.625. The predicted octanol–water partition coefficient (Wildman–Crippen LogP) is 4.11. The van der Waals surface area contributed by atoms with Crippen molar-refractivity contribution in [1.82, 2.24) is 4.90 Å². The van der Waals surface area contributed by atoms with Crippen molar-refractivity contribution in [1.29, 1.82) is 0 Å². The average molecular weight is 303 g/mol. The number of benzene rings is 1. The van der Waals surface area contributed by atoms with Crippen molar-refractivity contribution < 1.29 is 18.3 Å². The van der Waals surface area contributed by atoms with E-state index in [9.17, 15) is 18.3 Å². The molecule has 120 valence electrons. The van der Waals surface area contributed by atoms with Gasteiger partial charge < -0.3 is 10.0 Å². The van der Waals surface area contributed by atoms with Gasteiger partial charge in [0.25, 0.3) is 0 Å². The van der Waals surface area contributed by atoms with E-state index in [0.29, 0.717) is 6.54 Å². The number of aliphatic hydroxyl groups excluding tert-OH is 1. The molecule has 2 atom stereocenters. The molecule has 0 saturated heterocycles. The van der Waals surface area contributed by atoms with Gasteiger partial charge in [0.2, 0.25) is 0 Å². The Morgan fingerprint density at radius 3 is 2.24 bits per heavy atom. The Hall–Kier alpha value is -1.07. The van der Waals surface area contributed by atoms with E-state index in [-0.39, 0.29) is 17.0 Å². The Morgan fingerprint density at radius 1 is 1.19 bits per heavy atom. The highest BCUT2D eigenvalue weighted by atomic mass is 19.4. The number of nitrogens with zero attached hydrogens (tertiary/aromatic N) is 1. The molecule has 0 amide bonds. The quantitative estimate of drug-likeness (QED) is 0.905. The van der Waals surface area contributed by atoms with Gasteiger partial charge in [-0.3, -0.25) is 0 Å². The van der Waals surface area contributed by atoms with Gasteiger partial charge in [0.1, 0.15) is 0 Å². The summed E-state index contributed by atoms with van der Waals surface area (Å²) in [5.74, 6) is 0. The molecule has 1 aromatic carbocycles. The maximum Gasteiger partial charge on any atom is 0.416 e. The summed E-state index contributed by atoms with van der Waals surface area (Å²) in [5.41, 5.74) is -0.411. The SMILES string of the molecule is CC(N(C)CC(O)c1cccc(C(F)(F)F)c1)C(C)(C)C. The molecule has 0 aliphatic carbocycles. The van der Waals surface area contributed by atoms with E-state index in [4.69, 9.17) is 0 Å². The minimum atomic E-state index is -4.39. The third kappa shape index (κ3) is 5.00. The van der Waals surface area contributed by atoms with Gasteiger partial charge in [0.15, 0.2) is 0 Å². The van der Waals surface area contributed by atoms with Crippen LogP contribution in [0, 0.1) is 5.41 Å². The summed E-state index contributed by atoms with van der Waals surface area (Å²) in [7, 11) is 1.87. The van der Waals surface area contributed by atoms with Gasteiger partial charge in [-0.1, -0.05) is 32.9 Å². The van der Waals surface area contributed by atoms with Crippen molar-refractivity contribution in [3.8, 4) is 0 Å². The Labute approximate surface area is 124 Å². The number of hydrogen-bond acceptors (Lipinski definition) is 2. The lowest BCUT2D eigenvalue weighted by Gasteiger charge is -2.36. The molecule has 2 unspecified atom stereocenters. The first-order valence-corrected chi connectivity index (χ1v) is 6.98. The van der Waals surface area contributed by atoms with Gasteiger partial charge >= 0.3 is 6.18 Å². The topological polar surface area (TPSA) is 23.5 Å². The molecule has 21 heavy (non-hydrogen) atoms. The zero-order valence-corrected chi connectivity index (χ0v) is 13.2. The van der Waals surface area contributed by atoms with E-state index in [1.807, 2.05) is 18.9 Å². The fourth-order valence-corrected chi connectivity index (χ4v) is 2.12. The van der Waals surface area contributed by atoms with Gasteiger partial charge in [0.05, 0.1) is 11.7 Å². The summed E-state index contributed by atoms with van der Waals surface area (Å²) in [4.78, 5) is 1.96. The van der Waals surface area contributed by atoms with Crippen LogP contribution >= 0.6 is 0 Å². The largest absolute Gasteiger partial charge is 0.416 e. The van der Waals surface area contributed by atoms with Crippen LogP contribution < -0.4 is 0 Å². The average Bonchev–Trinajstić information content (AvgIpc) is 2.35. The van der Waals surface area contributed by atoms with Crippen LogP contribution in [0.4, 0.5) is 13.2 Å². The van der Waals surface area contributed by atoms with E-state index in [2.05, 4.69) is 20.8 Å². The molecular formula is C16H24F3NO. The zero-order valence-electron chi connectivity index (χ0n) is 13.2. The molecule has 0 aliphatic rings. The van der Waals surface area contributed by atoms with E-state index >= 15 is 0 Å². The lowest BCUT2D eigenvalue weighted by Crippen LogP contribution is -2.41. The van der Waals surface area contributed by atoms with Gasteiger partial charge in [0, 0.05) is 12.6 Å². The van der Waals surface area contributed by atoms with Crippen LogP contribution in [0.2, 0.25) is 0 Å². The predicted molar refractivity (Wildman–Crippen MR) is 78.0 cm³/mol. The molecule has 1 aromatic rings. The molecule has 0 aromatic heterocycles. The molecule has 0 fully saturated rings. The number of aliphatic hydroxyl groups is 1. The minimum absolute atomic E-state index is 0.0300. The maximum absolute atomic E-state index is 12.7. The Kier molecular flexibility index (Phi) is 5.45. The molecule has 0 saturated carbocycles. The number of likely N-dealkylation sites (N-methyl/N-ethyl adjacent to an activating group) is 1. The van der Waals surface area contributed by atoms with Gasteiger partial charge in [-0.15, -0.1) is 0 Å². The lowest BCUT2D eigenvalue weighted by atomic mass is 9.87. The van der Waals surface area contributed by atoms with E-state index in [1.165, 1.54) is 12.1 Å². The minimum Gasteiger partial charge on any atom is -0.387 e. The van der Waals surface area contributed by atoms with E-state index in [0.717, 1.165) is 12.1 Å². The van der Waals surface area contributed by atoms with E-state index < -0.39 is 17.8 Å². The highest BCUT2D eigenvalue weighted by Crippen LogP contribution is 2.31. The third-order valence-electron chi connectivity index (χ3n) is 3.97. The normalized spacial score (nSPS) is 16.1. The van der Waals surface area contributed by atoms with Gasteiger partial charge in [-0.25, -0.2) is 0 Å². The van der Waals surface area contributed by atoms with Crippen LogP contribution in [-0.4, -0.2) is 29.6 Å². The Morgan fingerprint density at radius 2 is 1.76 bits per heavy atom. The summed E-state index contributed by atoms with van der Waals surface area (Å²) >= 11 is 0. The molecular weight excluding hydrogens is 279 g/mol. The maximum atomic E-state index is 12.7. The second-order valence-corrected chi connectivity index (χ2v) is 6.62. The Bertz CT molecular complexity index is 465. The van der Waals surface area contributed by atoms with E-state index in [1.54, 1.807) is 0 Å². The van der Waals surface area contributed by atoms with Crippen molar-refractivity contribution in [2.75, 3.05) is 13.6 Å². The molecule has 1 rings (SSSR count). The first-order chi connectivity index (χ1) is 9.43. The molecule has 2 nitrogen and oxygen atoms in total. The van der Waals surface area contributed by atoms with Crippen molar-refractivity contribution >= 4 is 0 Å². The van der Waals surface area contributed by atoms with Crippen LogP contribution in [0.1, 0.15) is 44.9 Å². The standard InChI is InChI=1S/C16H24F3NO/c1-11(15(2,3)4)20(5)10-14(21)12-7-6-8-13(9-12)16(17,18)19/h6-9,11,14,21H,10H2,1-5H3. The molecule has 0 bridgehead atoms. The van der Waals surface area contributed by atoms with Crippen molar-refractivity contribution in [3.63, 3.8) is 0 Å². The number of halogens is 3. The third-order valence-corrected chi connectivity index (χ3v) is 3.97. The van der Waals surface area contributed by atoms with Crippen LogP contribution in [0.25, 0.3) is 0 Å². The molecule has 5 heteroatoms. The highest BCUT2D eigenvalue weighted by molar-refractivity contribution is 5.27. The monoisotopic (exact) mass is 303 g/mol. The van der Waals surface area contributed by atoms with Crippen LogP contribution in [0.5, 0.6) is 0 Å². The molecule has 0 spiro atoms. The molecule has 0 heterocycles. The zero-order chi connectivity index (χ0) is 16.4. The van der Waals surface area contributed by atoms with Crippen molar-refractivity contribution in [2.24, 2.45) is 5.41 Å². The van der Waals surface area contributed by atoms with Crippen LogP contribution in [-0.2, 0) is 6.18 Å². The van der Waals surface area contributed by atoms with Crippen LogP contribution in [0.3, 0.4) is 0 Å². The van der Waals surface area contributed by atoms with Gasteiger partial charge in [-0.2, -0.15) is 13.2 Å². The first kappa shape index (κ1) is 18.0. The first-order valence-electron chi connectivity index (χ1n) is 6.98. The highest BCUT2D eigenvalue weighted by Gasteiger charge is 2.31. The summed E-state index contributed by atoms with van der Waals surface area (Å²) in [5, 5.41) is 10.2. The van der Waals surface area contributed by atoms with Crippen molar-refractivity contribution in [3.05, 3.63) is 35.4 Å². The number of hydrogen-bond donors (Lipinski definition) is 1. The van der Waals surface area contributed by atoms with Crippen molar-refractivity contribution in [2.45, 2.75) is 46.0 Å². The fourth-order valence-electron chi connectivity index (χ4n) is 2.12. The second-order valence-electron chi connectivity index (χ2n) is 6.62. The summed E-state index contributed by atoms with van der Waals surface area (Å²) in [6.45, 7) is 8.60. The lowest BCUT2D eigenvalue weighted by molar-refractivity contribution is -0.137.